The zero-order valence-electron chi connectivity index (χ0n) is 10.2. The van der Waals surface area contributed by atoms with Crippen LogP contribution in [-0.4, -0.2) is 24.4 Å². The molecule has 0 radical (unpaired) electrons. The molecule has 2 N–H and O–H groups in total. The lowest BCUT2D eigenvalue weighted by Crippen LogP contribution is -2.39. The molecule has 1 aromatic rings. The maximum absolute atomic E-state index is 11.9. The Balaban J connectivity index is 1.99. The topological polar surface area (TPSA) is 74.8 Å². The van der Waals surface area contributed by atoms with Crippen molar-refractivity contribution in [2.45, 2.75) is 50.6 Å². The van der Waals surface area contributed by atoms with E-state index in [2.05, 4.69) is 28.5 Å². The van der Waals surface area contributed by atoms with Crippen LogP contribution in [0.3, 0.4) is 0 Å². The summed E-state index contributed by atoms with van der Waals surface area (Å²) >= 11 is 0. The number of nitrogens with one attached hydrogen (secondary N) is 2. The van der Waals surface area contributed by atoms with Gasteiger partial charge in [0, 0.05) is 6.04 Å². The monoisotopic (exact) mass is 257 g/mol. The van der Waals surface area contributed by atoms with E-state index in [1.165, 1.54) is 12.5 Å². The number of aromatic amines is 1. The van der Waals surface area contributed by atoms with Crippen molar-refractivity contribution < 1.29 is 8.42 Å². The molecule has 5 nitrogen and oxygen atoms in total. The fraction of sp³-hybridized carbons (Fsp3) is 0.727. The van der Waals surface area contributed by atoms with Crippen LogP contribution in [0.15, 0.2) is 17.6 Å². The Morgan fingerprint density at radius 1 is 1.41 bits per heavy atom. The van der Waals surface area contributed by atoms with E-state index in [0.717, 1.165) is 25.7 Å². The molecule has 6 heteroatoms. The maximum Gasteiger partial charge on any atom is 0.257 e. The number of aromatic nitrogens is 2. The van der Waals surface area contributed by atoms with Crippen molar-refractivity contribution in [1.29, 1.82) is 0 Å². The summed E-state index contributed by atoms with van der Waals surface area (Å²) in [5.41, 5.74) is 0.343. The second-order valence-corrected chi connectivity index (χ2v) is 7.16. The average molecular weight is 257 g/mol. The van der Waals surface area contributed by atoms with Crippen molar-refractivity contribution in [3.63, 3.8) is 0 Å². The SMILES string of the molecule is CC1(C)CCC(NS(=O)(=O)c2cnc[nH]2)CC1. The van der Waals surface area contributed by atoms with Crippen LogP contribution in [0.25, 0.3) is 0 Å². The number of hydrogen-bond donors (Lipinski definition) is 2. The maximum atomic E-state index is 11.9. The van der Waals surface area contributed by atoms with Crippen LogP contribution >= 0.6 is 0 Å². The van der Waals surface area contributed by atoms with E-state index in [0.29, 0.717) is 5.41 Å². The molecule has 1 saturated carbocycles. The fourth-order valence-electron chi connectivity index (χ4n) is 2.19. The third kappa shape index (κ3) is 3.07. The van der Waals surface area contributed by atoms with Gasteiger partial charge in [0.15, 0.2) is 5.03 Å². The van der Waals surface area contributed by atoms with Gasteiger partial charge < -0.3 is 4.98 Å². The lowest BCUT2D eigenvalue weighted by Gasteiger charge is -2.34. The molecule has 1 aliphatic rings. The van der Waals surface area contributed by atoms with Gasteiger partial charge in [-0.15, -0.1) is 0 Å². The van der Waals surface area contributed by atoms with Crippen molar-refractivity contribution in [3.05, 3.63) is 12.5 Å². The van der Waals surface area contributed by atoms with Crippen molar-refractivity contribution in [1.82, 2.24) is 14.7 Å². The molecular weight excluding hydrogens is 238 g/mol. The number of H-pyrrole nitrogens is 1. The van der Waals surface area contributed by atoms with Gasteiger partial charge in [-0.2, -0.15) is 0 Å². The summed E-state index contributed by atoms with van der Waals surface area (Å²) in [4.78, 5) is 6.35. The van der Waals surface area contributed by atoms with Crippen LogP contribution in [-0.2, 0) is 10.0 Å². The van der Waals surface area contributed by atoms with Crippen LogP contribution in [0.2, 0.25) is 0 Å². The molecular formula is C11H19N3O2S. The van der Waals surface area contributed by atoms with Gasteiger partial charge in [-0.1, -0.05) is 13.8 Å². The summed E-state index contributed by atoms with van der Waals surface area (Å²) in [5.74, 6) is 0. The number of sulfonamides is 1. The predicted octanol–water partition coefficient (Wildman–Crippen LogP) is 1.66. The Morgan fingerprint density at radius 3 is 2.59 bits per heavy atom. The smallest absolute Gasteiger partial charge is 0.257 e. The van der Waals surface area contributed by atoms with E-state index in [1.807, 2.05) is 0 Å². The summed E-state index contributed by atoms with van der Waals surface area (Å²) in [6.45, 7) is 4.46. The molecule has 2 rings (SSSR count). The Hall–Kier alpha value is -0.880. The normalized spacial score (nSPS) is 21.5. The van der Waals surface area contributed by atoms with Crippen molar-refractivity contribution in [2.24, 2.45) is 5.41 Å². The molecule has 96 valence electrons. The Morgan fingerprint density at radius 2 is 2.06 bits per heavy atom. The molecule has 0 spiro atoms. The van der Waals surface area contributed by atoms with E-state index in [1.54, 1.807) is 0 Å². The molecule has 0 aliphatic heterocycles. The number of rotatable bonds is 3. The third-order valence-electron chi connectivity index (χ3n) is 3.42. The Kier molecular flexibility index (Phi) is 3.27. The Labute approximate surface area is 102 Å². The minimum atomic E-state index is -3.42. The first-order chi connectivity index (χ1) is 7.89. The van der Waals surface area contributed by atoms with E-state index in [-0.39, 0.29) is 11.1 Å². The minimum Gasteiger partial charge on any atom is -0.335 e. The van der Waals surface area contributed by atoms with E-state index >= 15 is 0 Å². The molecule has 1 fully saturated rings. The molecule has 0 aromatic carbocycles. The lowest BCUT2D eigenvalue weighted by atomic mass is 9.76. The molecule has 1 aromatic heterocycles. The number of nitrogens with zero attached hydrogens (tertiary/aromatic N) is 1. The molecule has 1 heterocycles. The van der Waals surface area contributed by atoms with E-state index < -0.39 is 10.0 Å². The molecule has 1 aliphatic carbocycles. The van der Waals surface area contributed by atoms with Crippen LogP contribution in [0, 0.1) is 5.41 Å². The van der Waals surface area contributed by atoms with Crippen LogP contribution in [0.5, 0.6) is 0 Å². The second kappa shape index (κ2) is 4.42. The zero-order chi connectivity index (χ0) is 12.5. The fourth-order valence-corrected chi connectivity index (χ4v) is 3.40. The van der Waals surface area contributed by atoms with Gasteiger partial charge in [-0.05, 0) is 31.1 Å². The number of hydrogen-bond acceptors (Lipinski definition) is 3. The van der Waals surface area contributed by atoms with Gasteiger partial charge in [0.05, 0.1) is 12.5 Å². The molecule has 0 saturated heterocycles. The summed E-state index contributed by atoms with van der Waals surface area (Å²) in [7, 11) is -3.42. The molecule has 0 amide bonds. The Bertz CT molecular complexity index is 455. The first-order valence-corrected chi connectivity index (χ1v) is 7.38. The van der Waals surface area contributed by atoms with Crippen molar-refractivity contribution in [3.8, 4) is 0 Å². The lowest BCUT2D eigenvalue weighted by molar-refractivity contribution is 0.218. The second-order valence-electron chi connectivity index (χ2n) is 5.48. The standard InChI is InChI=1S/C11H19N3O2S/c1-11(2)5-3-9(4-6-11)14-17(15,16)10-7-12-8-13-10/h7-9,14H,3-6H2,1-2H3,(H,12,13). The highest BCUT2D eigenvalue weighted by Crippen LogP contribution is 2.35. The molecule has 17 heavy (non-hydrogen) atoms. The number of imidazole rings is 1. The molecule has 0 unspecified atom stereocenters. The van der Waals surface area contributed by atoms with Crippen LogP contribution in [0.4, 0.5) is 0 Å². The third-order valence-corrected chi connectivity index (χ3v) is 4.87. The van der Waals surface area contributed by atoms with Gasteiger partial charge >= 0.3 is 0 Å². The summed E-state index contributed by atoms with van der Waals surface area (Å²) in [5, 5.41) is 0.141. The van der Waals surface area contributed by atoms with Crippen molar-refractivity contribution in [2.75, 3.05) is 0 Å². The van der Waals surface area contributed by atoms with E-state index in [4.69, 9.17) is 0 Å². The highest BCUT2D eigenvalue weighted by Gasteiger charge is 2.29. The predicted molar refractivity (Wildman–Crippen MR) is 64.9 cm³/mol. The average Bonchev–Trinajstić information content (AvgIpc) is 2.75. The van der Waals surface area contributed by atoms with Gasteiger partial charge in [0.2, 0.25) is 0 Å². The van der Waals surface area contributed by atoms with Gasteiger partial charge in [-0.3, -0.25) is 0 Å². The molecule has 0 atom stereocenters. The van der Waals surface area contributed by atoms with Crippen LogP contribution < -0.4 is 4.72 Å². The first kappa shape index (κ1) is 12.6. The minimum absolute atomic E-state index is 0.0522. The zero-order valence-corrected chi connectivity index (χ0v) is 11.0. The largest absolute Gasteiger partial charge is 0.335 e. The van der Waals surface area contributed by atoms with Gasteiger partial charge in [0.1, 0.15) is 0 Å². The van der Waals surface area contributed by atoms with E-state index in [9.17, 15) is 8.42 Å². The molecule has 0 bridgehead atoms. The summed E-state index contributed by atoms with van der Waals surface area (Å²) in [6.07, 6.45) is 6.63. The summed E-state index contributed by atoms with van der Waals surface area (Å²) in [6, 6.07) is 0.0522. The van der Waals surface area contributed by atoms with Gasteiger partial charge in [-0.25, -0.2) is 18.1 Å². The quantitative estimate of drug-likeness (QED) is 0.864. The highest BCUT2D eigenvalue weighted by molar-refractivity contribution is 7.89. The van der Waals surface area contributed by atoms with Crippen LogP contribution in [0.1, 0.15) is 39.5 Å². The van der Waals surface area contributed by atoms with Gasteiger partial charge in [0.25, 0.3) is 10.0 Å². The highest BCUT2D eigenvalue weighted by atomic mass is 32.2. The first-order valence-electron chi connectivity index (χ1n) is 5.90. The summed E-state index contributed by atoms with van der Waals surface area (Å²) < 4.78 is 26.6. The van der Waals surface area contributed by atoms with Crippen molar-refractivity contribution >= 4 is 10.0 Å².